The summed E-state index contributed by atoms with van der Waals surface area (Å²) >= 11 is 7.24. The molecule has 1 aliphatic carbocycles. The minimum Gasteiger partial charge on any atom is -0.376 e. The number of ether oxygens (including phenoxy) is 1. The van der Waals surface area contributed by atoms with Crippen molar-refractivity contribution in [2.45, 2.75) is 26.4 Å². The maximum atomic E-state index is 5.75. The maximum Gasteiger partial charge on any atom is 0.183 e. The second-order valence-corrected chi connectivity index (χ2v) is 5.97. The van der Waals surface area contributed by atoms with E-state index in [4.69, 9.17) is 16.3 Å². The first-order chi connectivity index (χ1) is 7.75. The van der Waals surface area contributed by atoms with E-state index in [1.54, 1.807) is 6.20 Å². The Morgan fingerprint density at radius 2 is 2.31 bits per heavy atom. The molecule has 1 aromatic heterocycles. The molecule has 0 aromatic carbocycles. The summed E-state index contributed by atoms with van der Waals surface area (Å²) in [5.41, 5.74) is 0. The monoisotopic (exact) mass is 257 g/mol. The highest BCUT2D eigenvalue weighted by atomic mass is 35.5. The minimum atomic E-state index is 0.590. The standard InChI is InChI=1S/C12H16ClNOS/c1-9-4-2-3-5-10(9)7-15-8-11-6-14-12(13)16-11/h2-3,6,9-10H,4-5,7-8H2,1H3. The Balaban J connectivity index is 1.73. The molecule has 0 amide bonds. The van der Waals surface area contributed by atoms with Crippen LogP contribution < -0.4 is 0 Å². The van der Waals surface area contributed by atoms with Gasteiger partial charge in [-0.15, -0.1) is 11.3 Å². The van der Waals surface area contributed by atoms with Crippen molar-refractivity contribution in [2.24, 2.45) is 11.8 Å². The molecule has 0 radical (unpaired) electrons. The van der Waals surface area contributed by atoms with Crippen LogP contribution in [-0.4, -0.2) is 11.6 Å². The van der Waals surface area contributed by atoms with Gasteiger partial charge in [-0.05, 0) is 24.7 Å². The molecule has 88 valence electrons. The Morgan fingerprint density at radius 3 is 3.00 bits per heavy atom. The second kappa shape index (κ2) is 5.80. The topological polar surface area (TPSA) is 22.1 Å². The van der Waals surface area contributed by atoms with Crippen LogP contribution in [0.4, 0.5) is 0 Å². The first-order valence-corrected chi connectivity index (χ1v) is 6.78. The van der Waals surface area contributed by atoms with E-state index in [0.717, 1.165) is 23.8 Å². The van der Waals surface area contributed by atoms with E-state index in [1.165, 1.54) is 17.8 Å². The number of aromatic nitrogens is 1. The molecule has 0 spiro atoms. The van der Waals surface area contributed by atoms with Gasteiger partial charge in [0.1, 0.15) is 0 Å². The van der Waals surface area contributed by atoms with Crippen LogP contribution in [-0.2, 0) is 11.3 Å². The molecule has 1 aromatic rings. The molecule has 1 aliphatic rings. The lowest BCUT2D eigenvalue weighted by molar-refractivity contribution is 0.0694. The number of hydrogen-bond donors (Lipinski definition) is 0. The lowest BCUT2D eigenvalue weighted by Crippen LogP contribution is -2.19. The third-order valence-electron chi connectivity index (χ3n) is 3.02. The molecular weight excluding hydrogens is 242 g/mol. The van der Waals surface area contributed by atoms with Crippen molar-refractivity contribution in [1.29, 1.82) is 0 Å². The number of hydrogen-bond acceptors (Lipinski definition) is 3. The third kappa shape index (κ3) is 3.30. The minimum absolute atomic E-state index is 0.590. The van der Waals surface area contributed by atoms with Crippen molar-refractivity contribution < 1.29 is 4.74 Å². The molecule has 0 bridgehead atoms. The Morgan fingerprint density at radius 1 is 1.50 bits per heavy atom. The van der Waals surface area contributed by atoms with E-state index in [1.807, 2.05) is 0 Å². The number of rotatable bonds is 4. The molecule has 0 N–H and O–H groups in total. The van der Waals surface area contributed by atoms with Gasteiger partial charge in [0.2, 0.25) is 0 Å². The zero-order valence-electron chi connectivity index (χ0n) is 9.36. The van der Waals surface area contributed by atoms with Crippen molar-refractivity contribution >= 4 is 22.9 Å². The number of thiazole rings is 1. The third-order valence-corrected chi connectivity index (χ3v) is 4.11. The summed E-state index contributed by atoms with van der Waals surface area (Å²) in [4.78, 5) is 5.09. The number of halogens is 1. The molecule has 0 saturated carbocycles. The van der Waals surface area contributed by atoms with Crippen LogP contribution in [0.5, 0.6) is 0 Å². The van der Waals surface area contributed by atoms with Gasteiger partial charge < -0.3 is 4.74 Å². The van der Waals surface area contributed by atoms with Gasteiger partial charge in [-0.2, -0.15) is 0 Å². The Hall–Kier alpha value is -0.380. The van der Waals surface area contributed by atoms with Crippen molar-refractivity contribution in [2.75, 3.05) is 6.61 Å². The van der Waals surface area contributed by atoms with Crippen LogP contribution in [0.1, 0.15) is 24.6 Å². The molecule has 0 aliphatic heterocycles. The first-order valence-electron chi connectivity index (χ1n) is 5.58. The van der Waals surface area contributed by atoms with Gasteiger partial charge in [-0.25, -0.2) is 4.98 Å². The van der Waals surface area contributed by atoms with Crippen LogP contribution in [0.2, 0.25) is 4.47 Å². The zero-order valence-corrected chi connectivity index (χ0v) is 10.9. The summed E-state index contributed by atoms with van der Waals surface area (Å²) in [5, 5.41) is 0. The molecule has 2 nitrogen and oxygen atoms in total. The summed E-state index contributed by atoms with van der Waals surface area (Å²) in [7, 11) is 0. The van der Waals surface area contributed by atoms with Gasteiger partial charge in [0.25, 0.3) is 0 Å². The SMILES string of the molecule is CC1CC=CCC1COCc1cnc(Cl)s1. The van der Waals surface area contributed by atoms with E-state index in [0.29, 0.717) is 17.0 Å². The molecular formula is C12H16ClNOS. The summed E-state index contributed by atoms with van der Waals surface area (Å²) in [6, 6.07) is 0. The van der Waals surface area contributed by atoms with E-state index < -0.39 is 0 Å². The maximum absolute atomic E-state index is 5.75. The predicted molar refractivity (Wildman–Crippen MR) is 67.8 cm³/mol. The molecule has 2 atom stereocenters. The smallest absolute Gasteiger partial charge is 0.183 e. The van der Waals surface area contributed by atoms with Crippen molar-refractivity contribution in [3.05, 3.63) is 27.7 Å². The summed E-state index contributed by atoms with van der Waals surface area (Å²) in [5.74, 6) is 1.39. The van der Waals surface area contributed by atoms with Gasteiger partial charge in [0.15, 0.2) is 4.47 Å². The van der Waals surface area contributed by atoms with Gasteiger partial charge in [0, 0.05) is 6.20 Å². The molecule has 2 rings (SSSR count). The normalized spacial score (nSPS) is 24.9. The van der Waals surface area contributed by atoms with Gasteiger partial charge in [0.05, 0.1) is 18.1 Å². The van der Waals surface area contributed by atoms with Crippen molar-refractivity contribution in [3.63, 3.8) is 0 Å². The first kappa shape index (κ1) is 12.1. The molecule has 2 unspecified atom stereocenters. The summed E-state index contributed by atoms with van der Waals surface area (Å²) in [6.45, 7) is 3.76. The summed E-state index contributed by atoms with van der Waals surface area (Å²) in [6.07, 6.45) is 8.64. The lowest BCUT2D eigenvalue weighted by Gasteiger charge is -2.24. The van der Waals surface area contributed by atoms with Gasteiger partial charge in [-0.1, -0.05) is 30.7 Å². The highest BCUT2D eigenvalue weighted by molar-refractivity contribution is 7.15. The van der Waals surface area contributed by atoms with E-state index >= 15 is 0 Å². The molecule has 1 heterocycles. The average Bonchev–Trinajstić information content (AvgIpc) is 2.67. The lowest BCUT2D eigenvalue weighted by atomic mass is 9.85. The fourth-order valence-electron chi connectivity index (χ4n) is 1.90. The fourth-order valence-corrected chi connectivity index (χ4v) is 2.82. The Bertz CT molecular complexity index is 364. The Labute approximate surface area is 105 Å². The Kier molecular flexibility index (Phi) is 4.38. The average molecular weight is 258 g/mol. The quantitative estimate of drug-likeness (QED) is 0.763. The molecule has 4 heteroatoms. The van der Waals surface area contributed by atoms with Crippen LogP contribution >= 0.6 is 22.9 Å². The highest BCUT2D eigenvalue weighted by Gasteiger charge is 2.18. The van der Waals surface area contributed by atoms with E-state index in [9.17, 15) is 0 Å². The van der Waals surface area contributed by atoms with Crippen LogP contribution in [0, 0.1) is 11.8 Å². The van der Waals surface area contributed by atoms with Crippen molar-refractivity contribution in [1.82, 2.24) is 4.98 Å². The van der Waals surface area contributed by atoms with E-state index in [-0.39, 0.29) is 0 Å². The summed E-state index contributed by atoms with van der Waals surface area (Å²) < 4.78 is 6.31. The number of nitrogens with zero attached hydrogens (tertiary/aromatic N) is 1. The van der Waals surface area contributed by atoms with Gasteiger partial charge in [-0.3, -0.25) is 0 Å². The molecule has 0 fully saturated rings. The fraction of sp³-hybridized carbons (Fsp3) is 0.583. The van der Waals surface area contributed by atoms with Gasteiger partial charge >= 0.3 is 0 Å². The van der Waals surface area contributed by atoms with E-state index in [2.05, 4.69) is 24.1 Å². The van der Waals surface area contributed by atoms with Crippen LogP contribution in [0.15, 0.2) is 18.3 Å². The zero-order chi connectivity index (χ0) is 11.4. The largest absolute Gasteiger partial charge is 0.376 e. The second-order valence-electron chi connectivity index (χ2n) is 4.27. The highest BCUT2D eigenvalue weighted by Crippen LogP contribution is 2.26. The number of allylic oxidation sites excluding steroid dienone is 2. The predicted octanol–water partition coefficient (Wildman–Crippen LogP) is 3.92. The van der Waals surface area contributed by atoms with Crippen LogP contribution in [0.3, 0.4) is 0 Å². The molecule has 0 saturated heterocycles. The van der Waals surface area contributed by atoms with Crippen molar-refractivity contribution in [3.8, 4) is 0 Å². The van der Waals surface area contributed by atoms with Crippen LogP contribution in [0.25, 0.3) is 0 Å². The molecule has 16 heavy (non-hydrogen) atoms.